The lowest BCUT2D eigenvalue weighted by molar-refractivity contribution is -0.119. The zero-order chi connectivity index (χ0) is 10.7. The fourth-order valence-electron chi connectivity index (χ4n) is 0.896. The van der Waals surface area contributed by atoms with Crippen LogP contribution in [0.5, 0.6) is 0 Å². The lowest BCUT2D eigenvalue weighted by atomic mass is 9.98. The van der Waals surface area contributed by atoms with Crippen molar-refractivity contribution in [1.82, 2.24) is 0 Å². The van der Waals surface area contributed by atoms with Crippen LogP contribution in [0.15, 0.2) is 0 Å². The van der Waals surface area contributed by atoms with Crippen molar-refractivity contribution < 1.29 is 13.2 Å². The van der Waals surface area contributed by atoms with E-state index in [0.29, 0.717) is 0 Å². The smallest absolute Gasteiger partial charge is 0.147 e. The number of rotatable bonds is 5. The molecule has 0 saturated heterocycles. The number of hydrogen-bond donors (Lipinski definition) is 1. The molecule has 0 fully saturated rings. The van der Waals surface area contributed by atoms with Gasteiger partial charge in [0.1, 0.15) is 15.6 Å². The molecule has 2 N–H and O–H groups in total. The van der Waals surface area contributed by atoms with E-state index in [-0.39, 0.29) is 24.4 Å². The third-order valence-electron chi connectivity index (χ3n) is 1.40. The van der Waals surface area contributed by atoms with E-state index in [1.54, 1.807) is 13.8 Å². The van der Waals surface area contributed by atoms with Crippen molar-refractivity contribution >= 4 is 15.6 Å². The topological polar surface area (TPSA) is 77.2 Å². The molecule has 5 heteroatoms. The van der Waals surface area contributed by atoms with Crippen LogP contribution in [0.25, 0.3) is 0 Å². The fourth-order valence-corrected chi connectivity index (χ4v) is 1.49. The average molecular weight is 207 g/mol. The molecule has 0 aromatic heterocycles. The molecular weight excluding hydrogens is 190 g/mol. The molecule has 0 unspecified atom stereocenters. The highest BCUT2D eigenvalue weighted by Crippen LogP contribution is 2.06. The Kier molecular flexibility index (Phi) is 4.06. The van der Waals surface area contributed by atoms with Gasteiger partial charge in [-0.3, -0.25) is 4.79 Å². The summed E-state index contributed by atoms with van der Waals surface area (Å²) in [6, 6.07) is 0. The number of ketones is 1. The Balaban J connectivity index is 3.92. The van der Waals surface area contributed by atoms with E-state index in [9.17, 15) is 13.2 Å². The Morgan fingerprint density at radius 2 is 1.85 bits per heavy atom. The Bertz CT molecular complexity index is 274. The molecule has 0 aliphatic carbocycles. The molecule has 0 bridgehead atoms. The number of hydrogen-bond acceptors (Lipinski definition) is 4. The van der Waals surface area contributed by atoms with Crippen LogP contribution in [-0.4, -0.2) is 31.7 Å². The van der Waals surface area contributed by atoms with Crippen molar-refractivity contribution in [3.05, 3.63) is 0 Å². The minimum atomic E-state index is -3.04. The lowest BCUT2D eigenvalue weighted by Gasteiger charge is -2.16. The number of sulfone groups is 1. The fraction of sp³-hybridized carbons (Fsp3) is 0.875. The second-order valence-electron chi connectivity index (χ2n) is 4.08. The second kappa shape index (κ2) is 4.19. The summed E-state index contributed by atoms with van der Waals surface area (Å²) >= 11 is 0. The molecule has 78 valence electrons. The summed E-state index contributed by atoms with van der Waals surface area (Å²) < 4.78 is 21.4. The van der Waals surface area contributed by atoms with Gasteiger partial charge >= 0.3 is 0 Å². The van der Waals surface area contributed by atoms with E-state index in [0.717, 1.165) is 6.26 Å². The highest BCUT2D eigenvalue weighted by Gasteiger charge is 2.17. The first-order chi connectivity index (χ1) is 5.60. The minimum absolute atomic E-state index is 0.0689. The maximum atomic E-state index is 11.2. The van der Waals surface area contributed by atoms with Crippen LogP contribution in [0, 0.1) is 0 Å². The first-order valence-electron chi connectivity index (χ1n) is 4.08. The predicted molar refractivity (Wildman–Crippen MR) is 52.2 cm³/mol. The van der Waals surface area contributed by atoms with Crippen LogP contribution < -0.4 is 5.73 Å². The largest absolute Gasteiger partial charge is 0.325 e. The standard InChI is InChI=1S/C8H17NO3S/c1-8(2,9)6-7(10)4-5-13(3,11)12/h4-6,9H2,1-3H3. The molecule has 0 aliphatic rings. The summed E-state index contributed by atoms with van der Waals surface area (Å²) in [6.45, 7) is 3.48. The molecule has 0 heterocycles. The molecule has 0 rings (SSSR count). The van der Waals surface area contributed by atoms with Crippen molar-refractivity contribution in [2.75, 3.05) is 12.0 Å². The first-order valence-corrected chi connectivity index (χ1v) is 6.14. The van der Waals surface area contributed by atoms with Crippen LogP contribution in [0.2, 0.25) is 0 Å². The van der Waals surface area contributed by atoms with Gasteiger partial charge in [-0.1, -0.05) is 0 Å². The first kappa shape index (κ1) is 12.6. The summed E-state index contributed by atoms with van der Waals surface area (Å²) in [5, 5.41) is 0. The summed E-state index contributed by atoms with van der Waals surface area (Å²) in [4.78, 5) is 11.2. The number of nitrogens with two attached hydrogens (primary N) is 1. The zero-order valence-electron chi connectivity index (χ0n) is 8.33. The van der Waals surface area contributed by atoms with Gasteiger partial charge in [0.15, 0.2) is 0 Å². The number of carbonyl (C=O) groups is 1. The summed E-state index contributed by atoms with van der Waals surface area (Å²) in [7, 11) is -3.04. The van der Waals surface area contributed by atoms with Gasteiger partial charge in [-0.05, 0) is 13.8 Å². The normalized spacial score (nSPS) is 12.9. The SMILES string of the molecule is CC(C)(N)CC(=O)CCS(C)(=O)=O. The quantitative estimate of drug-likeness (QED) is 0.694. The lowest BCUT2D eigenvalue weighted by Crippen LogP contribution is -2.35. The van der Waals surface area contributed by atoms with E-state index in [1.807, 2.05) is 0 Å². The van der Waals surface area contributed by atoms with E-state index in [2.05, 4.69) is 0 Å². The average Bonchev–Trinajstić information content (AvgIpc) is 1.78. The van der Waals surface area contributed by atoms with Gasteiger partial charge in [0, 0.05) is 24.6 Å². The third-order valence-corrected chi connectivity index (χ3v) is 2.35. The van der Waals surface area contributed by atoms with Gasteiger partial charge in [0.05, 0.1) is 5.75 Å². The second-order valence-corrected chi connectivity index (χ2v) is 6.34. The van der Waals surface area contributed by atoms with Crippen molar-refractivity contribution in [2.45, 2.75) is 32.2 Å². The highest BCUT2D eigenvalue weighted by atomic mass is 32.2. The van der Waals surface area contributed by atoms with Gasteiger partial charge in [0.2, 0.25) is 0 Å². The Labute approximate surface area is 79.4 Å². The molecule has 13 heavy (non-hydrogen) atoms. The molecule has 0 saturated carbocycles. The molecule has 0 aromatic rings. The maximum Gasteiger partial charge on any atom is 0.147 e. The number of carbonyl (C=O) groups excluding carboxylic acids is 1. The van der Waals surface area contributed by atoms with Crippen molar-refractivity contribution in [3.63, 3.8) is 0 Å². The Hall–Kier alpha value is -0.420. The zero-order valence-corrected chi connectivity index (χ0v) is 9.15. The summed E-state index contributed by atoms with van der Waals surface area (Å²) in [5.41, 5.74) is 5.06. The van der Waals surface area contributed by atoms with Crippen molar-refractivity contribution in [3.8, 4) is 0 Å². The summed E-state index contributed by atoms with van der Waals surface area (Å²) in [5.74, 6) is -0.181. The molecular formula is C8H17NO3S. The van der Waals surface area contributed by atoms with Crippen LogP contribution in [0.1, 0.15) is 26.7 Å². The van der Waals surface area contributed by atoms with Crippen LogP contribution in [0.3, 0.4) is 0 Å². The van der Waals surface area contributed by atoms with Crippen LogP contribution >= 0.6 is 0 Å². The molecule has 4 nitrogen and oxygen atoms in total. The van der Waals surface area contributed by atoms with Crippen molar-refractivity contribution in [1.29, 1.82) is 0 Å². The van der Waals surface area contributed by atoms with Gasteiger partial charge in [-0.15, -0.1) is 0 Å². The van der Waals surface area contributed by atoms with Crippen molar-refractivity contribution in [2.24, 2.45) is 5.73 Å². The molecule has 0 aliphatic heterocycles. The molecule has 0 aromatic carbocycles. The van der Waals surface area contributed by atoms with Gasteiger partial charge in [0.25, 0.3) is 0 Å². The van der Waals surface area contributed by atoms with E-state index in [4.69, 9.17) is 5.73 Å². The van der Waals surface area contributed by atoms with Gasteiger partial charge in [-0.2, -0.15) is 0 Å². The van der Waals surface area contributed by atoms with Gasteiger partial charge < -0.3 is 5.73 Å². The monoisotopic (exact) mass is 207 g/mol. The Morgan fingerprint density at radius 1 is 1.38 bits per heavy atom. The van der Waals surface area contributed by atoms with E-state index < -0.39 is 15.4 Å². The third kappa shape index (κ3) is 9.49. The van der Waals surface area contributed by atoms with Crippen LogP contribution in [-0.2, 0) is 14.6 Å². The number of Topliss-reactive ketones (excluding diaryl/α,β-unsaturated/α-hetero) is 1. The minimum Gasteiger partial charge on any atom is -0.325 e. The summed E-state index contributed by atoms with van der Waals surface area (Å²) in [6.07, 6.45) is 1.41. The molecule has 0 amide bonds. The Morgan fingerprint density at radius 3 is 2.15 bits per heavy atom. The molecule has 0 atom stereocenters. The maximum absolute atomic E-state index is 11.2. The van der Waals surface area contributed by atoms with Crippen LogP contribution in [0.4, 0.5) is 0 Å². The molecule has 0 radical (unpaired) electrons. The van der Waals surface area contributed by atoms with E-state index >= 15 is 0 Å². The molecule has 0 spiro atoms. The highest BCUT2D eigenvalue weighted by molar-refractivity contribution is 7.90. The van der Waals surface area contributed by atoms with Gasteiger partial charge in [-0.25, -0.2) is 8.42 Å². The van der Waals surface area contributed by atoms with E-state index in [1.165, 1.54) is 0 Å². The predicted octanol–water partition coefficient (Wildman–Crippen LogP) is 0.118.